The minimum Gasteiger partial charge on any atom is -0.476 e. The van der Waals surface area contributed by atoms with Crippen LogP contribution >= 0.6 is 0 Å². The van der Waals surface area contributed by atoms with Crippen LogP contribution in [0.2, 0.25) is 0 Å². The summed E-state index contributed by atoms with van der Waals surface area (Å²) in [5, 5.41) is 18.2. The van der Waals surface area contributed by atoms with E-state index in [-0.39, 0.29) is 6.42 Å². The maximum Gasteiger partial charge on any atom is 0.377 e. The van der Waals surface area contributed by atoms with Gasteiger partial charge < -0.3 is 20.7 Å². The number of nitrogens with two attached hydrogens (primary N) is 1. The van der Waals surface area contributed by atoms with E-state index in [0.29, 0.717) is 0 Å². The Labute approximate surface area is 105 Å². The Kier molecular flexibility index (Phi) is 4.40. The van der Waals surface area contributed by atoms with E-state index in [1.165, 1.54) is 0 Å². The molecule has 0 aromatic heterocycles. The van der Waals surface area contributed by atoms with Crippen molar-refractivity contribution in [2.24, 2.45) is 5.73 Å². The number of aliphatic hydroxyl groups is 1. The molecule has 0 saturated carbocycles. The Hall–Kier alpha value is -2.20. The minimum atomic E-state index is -3.09. The fourth-order valence-electron chi connectivity index (χ4n) is 1.16. The topological polar surface area (TPSA) is 162 Å². The lowest BCUT2D eigenvalue weighted by Gasteiger charge is -2.21. The van der Waals surface area contributed by atoms with E-state index in [9.17, 15) is 24.3 Å². The highest BCUT2D eigenvalue weighted by atomic mass is 17.2. The Balaban J connectivity index is 2.92. The number of aliphatic carboxylic acids is 1. The number of cyclic esters (lactones) is 1. The summed E-state index contributed by atoms with van der Waals surface area (Å²) in [6.07, 6.45) is -1.92. The van der Waals surface area contributed by atoms with Crippen LogP contribution in [-0.2, 0) is 33.7 Å². The van der Waals surface area contributed by atoms with Crippen LogP contribution in [0.15, 0.2) is 0 Å². The summed E-state index contributed by atoms with van der Waals surface area (Å²) < 4.78 is 4.28. The monoisotopic (exact) mass is 277 g/mol. The second-order valence-corrected chi connectivity index (χ2v) is 3.74. The van der Waals surface area contributed by atoms with Crippen LogP contribution in [-0.4, -0.2) is 45.9 Å². The van der Waals surface area contributed by atoms with Crippen molar-refractivity contribution in [3.05, 3.63) is 0 Å². The first kappa shape index (κ1) is 14.9. The summed E-state index contributed by atoms with van der Waals surface area (Å²) in [5.41, 5.74) is 5.30. The van der Waals surface area contributed by atoms with Crippen LogP contribution in [0.1, 0.15) is 19.3 Å². The molecule has 106 valence electrons. The van der Waals surface area contributed by atoms with E-state index in [2.05, 4.69) is 14.5 Å². The molecule has 4 N–H and O–H groups in total. The van der Waals surface area contributed by atoms with Gasteiger partial charge in [-0.05, 0) is 6.42 Å². The molecule has 1 heterocycles. The van der Waals surface area contributed by atoms with Gasteiger partial charge in [0.15, 0.2) is 0 Å². The smallest absolute Gasteiger partial charge is 0.377 e. The number of carboxylic acids is 1. The second-order valence-electron chi connectivity index (χ2n) is 3.74. The first-order chi connectivity index (χ1) is 8.74. The lowest BCUT2D eigenvalue weighted by atomic mass is 10.1. The summed E-state index contributed by atoms with van der Waals surface area (Å²) in [5.74, 6) is -8.72. The van der Waals surface area contributed by atoms with E-state index in [4.69, 9.17) is 10.8 Å². The fourth-order valence-corrected chi connectivity index (χ4v) is 1.16. The van der Waals surface area contributed by atoms with Gasteiger partial charge in [0.25, 0.3) is 0 Å². The molecule has 1 saturated heterocycles. The molecule has 0 bridgehead atoms. The first-order valence-electron chi connectivity index (χ1n) is 5.09. The summed E-state index contributed by atoms with van der Waals surface area (Å²) in [6, 6.07) is -1.25. The van der Waals surface area contributed by atoms with Gasteiger partial charge in [0.2, 0.25) is 0 Å². The zero-order valence-electron chi connectivity index (χ0n) is 9.53. The van der Waals surface area contributed by atoms with Gasteiger partial charge >= 0.3 is 29.7 Å². The predicted molar refractivity (Wildman–Crippen MR) is 52.7 cm³/mol. The fraction of sp³-hybridized carbons (Fsp3) is 0.556. The molecule has 10 nitrogen and oxygen atoms in total. The van der Waals surface area contributed by atoms with Crippen molar-refractivity contribution in [3.8, 4) is 0 Å². The lowest BCUT2D eigenvalue weighted by molar-refractivity contribution is -0.268. The maximum atomic E-state index is 11.3. The van der Waals surface area contributed by atoms with Crippen LogP contribution < -0.4 is 5.73 Å². The van der Waals surface area contributed by atoms with Crippen molar-refractivity contribution in [1.82, 2.24) is 0 Å². The zero-order chi connectivity index (χ0) is 14.6. The third-order valence-corrected chi connectivity index (χ3v) is 2.18. The molecular weight excluding hydrogens is 266 g/mol. The molecule has 0 aliphatic carbocycles. The molecular formula is C9H11NO9. The molecule has 0 aromatic rings. The van der Waals surface area contributed by atoms with Gasteiger partial charge in [-0.2, -0.15) is 0 Å². The first-order valence-corrected chi connectivity index (χ1v) is 5.09. The Morgan fingerprint density at radius 3 is 2.47 bits per heavy atom. The Morgan fingerprint density at radius 2 is 1.89 bits per heavy atom. The van der Waals surface area contributed by atoms with Gasteiger partial charge in [-0.3, -0.25) is 4.79 Å². The minimum absolute atomic E-state index is 0.231. The van der Waals surface area contributed by atoms with E-state index in [1.54, 1.807) is 0 Å². The molecule has 0 radical (unpaired) electrons. The molecule has 19 heavy (non-hydrogen) atoms. The molecule has 0 aromatic carbocycles. The normalized spacial score (nSPS) is 29.6. The molecule has 0 spiro atoms. The Morgan fingerprint density at radius 1 is 1.26 bits per heavy atom. The zero-order valence-corrected chi connectivity index (χ0v) is 9.53. The van der Waals surface area contributed by atoms with Gasteiger partial charge in [-0.1, -0.05) is 0 Å². The number of rotatable bonds is 1. The largest absolute Gasteiger partial charge is 0.476 e. The van der Waals surface area contributed by atoms with Crippen LogP contribution in [0, 0.1) is 0 Å². The van der Waals surface area contributed by atoms with E-state index >= 15 is 0 Å². The highest BCUT2D eigenvalue weighted by Crippen LogP contribution is 2.17. The number of ether oxygens (including phenoxy) is 1. The highest BCUT2D eigenvalue weighted by Gasteiger charge is 2.44. The maximum absolute atomic E-state index is 11.3. The van der Waals surface area contributed by atoms with Crippen molar-refractivity contribution in [2.45, 2.75) is 31.1 Å². The quantitative estimate of drug-likeness (QED) is 0.354. The number of carboxylic acid groups (broad SMARTS) is 1. The van der Waals surface area contributed by atoms with Crippen LogP contribution in [0.25, 0.3) is 0 Å². The Bertz CT molecular complexity index is 420. The van der Waals surface area contributed by atoms with Crippen molar-refractivity contribution in [2.75, 3.05) is 0 Å². The molecule has 0 amide bonds. The predicted octanol–water partition coefficient (Wildman–Crippen LogP) is -2.18. The molecule has 10 heteroatoms. The summed E-state index contributed by atoms with van der Waals surface area (Å²) in [4.78, 5) is 52.3. The van der Waals surface area contributed by atoms with E-state index in [0.717, 1.165) is 0 Å². The SMILES string of the molecule is NC1CCC(=O)OC(O)(C(=O)O)CC(=O)OOC1=O. The standard InChI is InChI=1S/C9H11NO9/c10-4-1-2-5(11)17-9(16,8(14)15)3-6(12)18-19-7(4)13/h4,16H,1-3,10H2,(H,14,15). The third-order valence-electron chi connectivity index (χ3n) is 2.18. The highest BCUT2D eigenvalue weighted by molar-refractivity contribution is 5.86. The number of hydrogen-bond donors (Lipinski definition) is 3. The van der Waals surface area contributed by atoms with Crippen molar-refractivity contribution in [3.63, 3.8) is 0 Å². The van der Waals surface area contributed by atoms with Crippen LogP contribution in [0.3, 0.4) is 0 Å². The number of hydrogen-bond acceptors (Lipinski definition) is 9. The van der Waals surface area contributed by atoms with Crippen molar-refractivity contribution < 1.29 is 43.9 Å². The molecule has 2 atom stereocenters. The summed E-state index contributed by atoms with van der Waals surface area (Å²) >= 11 is 0. The molecule has 1 aliphatic rings. The average molecular weight is 277 g/mol. The van der Waals surface area contributed by atoms with Crippen LogP contribution in [0.5, 0.6) is 0 Å². The average Bonchev–Trinajstić information content (AvgIpc) is 2.32. The molecule has 1 aliphatic heterocycles. The van der Waals surface area contributed by atoms with E-state index in [1.807, 2.05) is 0 Å². The van der Waals surface area contributed by atoms with Gasteiger partial charge in [0, 0.05) is 6.42 Å². The van der Waals surface area contributed by atoms with Gasteiger partial charge in [0.1, 0.15) is 12.5 Å². The number of carbonyl (C=O) groups excluding carboxylic acids is 3. The second kappa shape index (κ2) is 5.63. The summed E-state index contributed by atoms with van der Waals surface area (Å²) in [6.45, 7) is 0. The van der Waals surface area contributed by atoms with Gasteiger partial charge in [-0.15, -0.1) is 0 Å². The summed E-state index contributed by atoms with van der Waals surface area (Å²) in [7, 11) is 0. The molecule has 2 unspecified atom stereocenters. The number of esters is 1. The van der Waals surface area contributed by atoms with Crippen molar-refractivity contribution >= 4 is 23.9 Å². The van der Waals surface area contributed by atoms with Gasteiger partial charge in [0.05, 0.1) is 0 Å². The number of carbonyl (C=O) groups is 4. The lowest BCUT2D eigenvalue weighted by Crippen LogP contribution is -2.45. The molecule has 1 rings (SSSR count). The third kappa shape index (κ3) is 3.89. The van der Waals surface area contributed by atoms with E-state index < -0.39 is 48.5 Å². The molecule has 1 fully saturated rings. The van der Waals surface area contributed by atoms with Crippen molar-refractivity contribution in [1.29, 1.82) is 0 Å². The van der Waals surface area contributed by atoms with Gasteiger partial charge in [-0.25, -0.2) is 24.2 Å². The van der Waals surface area contributed by atoms with Crippen LogP contribution in [0.4, 0.5) is 0 Å².